The van der Waals surface area contributed by atoms with Gasteiger partial charge in [-0.15, -0.1) is 50.9 Å². The quantitative estimate of drug-likeness (QED) is 0.496. The molecule has 1 aliphatic rings. The fourth-order valence-corrected chi connectivity index (χ4v) is 0.440. The van der Waals surface area contributed by atoms with Crippen LogP contribution in [0.3, 0.4) is 0 Å². The van der Waals surface area contributed by atoms with Crippen molar-refractivity contribution in [2.24, 2.45) is 0 Å². The molecule has 63 valence electrons. The maximum Gasteiger partial charge on any atom is 0.0823 e. The predicted octanol–water partition coefficient (Wildman–Crippen LogP) is 2.08. The van der Waals surface area contributed by atoms with E-state index >= 15 is 0 Å². The molecule has 0 aromatic rings. The summed E-state index contributed by atoms with van der Waals surface area (Å²) in [7, 11) is 0. The third-order valence-electron chi connectivity index (χ3n) is 0.789. The van der Waals surface area contributed by atoms with Crippen LogP contribution >= 0.6 is 50.9 Å². The molecule has 0 N–H and O–H groups in total. The Morgan fingerprint density at radius 2 is 1.00 bits per heavy atom. The van der Waals surface area contributed by atoms with Gasteiger partial charge in [0, 0.05) is 8.41 Å². The van der Waals surface area contributed by atoms with Crippen molar-refractivity contribution in [2.75, 3.05) is 13.2 Å². The Morgan fingerprint density at radius 1 is 0.700 bits per heavy atom. The molecule has 1 saturated heterocycles. The molecule has 1 rings (SSSR count). The van der Waals surface area contributed by atoms with Crippen LogP contribution in [0.1, 0.15) is 12.8 Å². The van der Waals surface area contributed by atoms with Gasteiger partial charge in [-0.3, -0.25) is 0 Å². The van der Waals surface area contributed by atoms with Gasteiger partial charge >= 0.3 is 0 Å². The van der Waals surface area contributed by atoms with Crippen LogP contribution in [-0.4, -0.2) is 21.6 Å². The molecule has 0 aromatic heterocycles. The van der Waals surface area contributed by atoms with Crippen molar-refractivity contribution in [3.63, 3.8) is 0 Å². The van der Waals surface area contributed by atoms with Crippen LogP contribution in [0.15, 0.2) is 0 Å². The van der Waals surface area contributed by atoms with Crippen molar-refractivity contribution < 1.29 is 9.78 Å². The van der Waals surface area contributed by atoms with E-state index in [9.17, 15) is 0 Å². The van der Waals surface area contributed by atoms with Crippen molar-refractivity contribution >= 4 is 59.4 Å². The Bertz CT molecular complexity index is 34.0. The molecule has 2 nitrogen and oxygen atoms in total. The molecule has 1 aliphatic heterocycles. The molecule has 0 bridgehead atoms. The summed E-state index contributed by atoms with van der Waals surface area (Å²) in [4.78, 5) is 9.14. The SMILES string of the molecule is Br.Br.Br.C1CCOOC1.[B]. The lowest BCUT2D eigenvalue weighted by Crippen LogP contribution is -2.05. The van der Waals surface area contributed by atoms with Gasteiger partial charge in [0.05, 0.1) is 13.2 Å². The van der Waals surface area contributed by atoms with E-state index in [-0.39, 0.29) is 59.4 Å². The fourth-order valence-electron chi connectivity index (χ4n) is 0.440. The third kappa shape index (κ3) is 12.1. The number of hydrogen-bond acceptors (Lipinski definition) is 2. The number of rotatable bonds is 0. The summed E-state index contributed by atoms with van der Waals surface area (Å²) in [6.07, 6.45) is 2.31. The zero-order valence-electron chi connectivity index (χ0n) is 5.45. The Hall–Kier alpha value is 1.42. The van der Waals surface area contributed by atoms with Crippen molar-refractivity contribution in [1.29, 1.82) is 0 Å². The van der Waals surface area contributed by atoms with Gasteiger partial charge in [0.15, 0.2) is 0 Å². The average Bonchev–Trinajstić information content (AvgIpc) is 1.72. The smallest absolute Gasteiger partial charge is 0.0823 e. The normalized spacial score (nSPS) is 14.4. The summed E-state index contributed by atoms with van der Waals surface area (Å²) in [5.74, 6) is 0. The van der Waals surface area contributed by atoms with Gasteiger partial charge in [-0.1, -0.05) is 0 Å². The molecule has 3 radical (unpaired) electrons. The summed E-state index contributed by atoms with van der Waals surface area (Å²) in [6.45, 7) is 1.56. The van der Waals surface area contributed by atoms with Crippen molar-refractivity contribution in [3.05, 3.63) is 0 Å². The van der Waals surface area contributed by atoms with Gasteiger partial charge < -0.3 is 0 Å². The molecule has 1 heterocycles. The lowest BCUT2D eigenvalue weighted by molar-refractivity contribution is -0.312. The van der Waals surface area contributed by atoms with E-state index in [0.717, 1.165) is 26.1 Å². The third-order valence-corrected chi connectivity index (χ3v) is 0.789. The zero-order chi connectivity index (χ0) is 4.24. The summed E-state index contributed by atoms with van der Waals surface area (Å²) in [5, 5.41) is 0. The maximum atomic E-state index is 4.57. The largest absolute Gasteiger partial charge is 0.237 e. The first-order valence-electron chi connectivity index (χ1n) is 2.24. The van der Waals surface area contributed by atoms with Crippen molar-refractivity contribution in [3.8, 4) is 0 Å². The van der Waals surface area contributed by atoms with Crippen molar-refractivity contribution in [1.82, 2.24) is 0 Å². The highest BCUT2D eigenvalue weighted by molar-refractivity contribution is 8.93. The van der Waals surface area contributed by atoms with E-state index in [0.29, 0.717) is 0 Å². The minimum Gasteiger partial charge on any atom is -0.237 e. The number of hydrogen-bond donors (Lipinski definition) is 0. The first-order valence-corrected chi connectivity index (χ1v) is 2.24. The zero-order valence-corrected chi connectivity index (χ0v) is 10.6. The van der Waals surface area contributed by atoms with Crippen LogP contribution in [0.4, 0.5) is 0 Å². The monoisotopic (exact) mass is 339 g/mol. The summed E-state index contributed by atoms with van der Waals surface area (Å²) < 4.78 is 0. The van der Waals surface area contributed by atoms with Gasteiger partial charge in [-0.25, -0.2) is 9.78 Å². The number of halogens is 3. The Morgan fingerprint density at radius 3 is 1.10 bits per heavy atom. The Kier molecular flexibility index (Phi) is 37.8. The molecule has 0 atom stereocenters. The molecule has 0 aliphatic carbocycles. The highest BCUT2D eigenvalue weighted by atomic mass is 79.9. The standard InChI is InChI=1S/C4H8O2.B.3BrH/c1-2-4-6-5-3-1;;;;/h1-4H2;;3*1H. The van der Waals surface area contributed by atoms with Gasteiger partial charge in [0.1, 0.15) is 0 Å². The first kappa shape index (κ1) is 22.5. The minimum atomic E-state index is 0. The van der Waals surface area contributed by atoms with Gasteiger partial charge in [0.2, 0.25) is 0 Å². The molecule has 10 heavy (non-hydrogen) atoms. The van der Waals surface area contributed by atoms with E-state index in [2.05, 4.69) is 9.78 Å². The first-order chi connectivity index (χ1) is 3.00. The maximum absolute atomic E-state index is 4.57. The second kappa shape index (κ2) is 16.8. The molecule has 0 unspecified atom stereocenters. The fraction of sp³-hybridized carbons (Fsp3) is 1.00. The van der Waals surface area contributed by atoms with Crippen molar-refractivity contribution in [2.45, 2.75) is 12.8 Å². The molecular weight excluding hydrogens is 331 g/mol. The van der Waals surface area contributed by atoms with E-state index in [1.807, 2.05) is 0 Å². The lowest BCUT2D eigenvalue weighted by Gasteiger charge is -2.07. The highest BCUT2D eigenvalue weighted by Crippen LogP contribution is 1.97. The lowest BCUT2D eigenvalue weighted by atomic mass is 10.3. The van der Waals surface area contributed by atoms with Crippen LogP contribution in [0.2, 0.25) is 0 Å². The van der Waals surface area contributed by atoms with Crippen LogP contribution in [0, 0.1) is 0 Å². The molecular formula is C4H11BBr3O2. The van der Waals surface area contributed by atoms with Crippen LogP contribution < -0.4 is 0 Å². The second-order valence-electron chi connectivity index (χ2n) is 1.35. The van der Waals surface area contributed by atoms with E-state index in [1.165, 1.54) is 0 Å². The molecule has 0 spiro atoms. The van der Waals surface area contributed by atoms with E-state index in [1.54, 1.807) is 0 Å². The Balaban J connectivity index is -0.0000000450. The van der Waals surface area contributed by atoms with Crippen LogP contribution in [0.5, 0.6) is 0 Å². The molecule has 1 fully saturated rings. The highest BCUT2D eigenvalue weighted by Gasteiger charge is 1.95. The van der Waals surface area contributed by atoms with E-state index < -0.39 is 0 Å². The minimum absolute atomic E-state index is 0. The van der Waals surface area contributed by atoms with Crippen LogP contribution in [-0.2, 0) is 9.78 Å². The van der Waals surface area contributed by atoms with Gasteiger partial charge in [0.25, 0.3) is 0 Å². The average molecular weight is 342 g/mol. The van der Waals surface area contributed by atoms with E-state index in [4.69, 9.17) is 0 Å². The summed E-state index contributed by atoms with van der Waals surface area (Å²) in [5.41, 5.74) is 0. The summed E-state index contributed by atoms with van der Waals surface area (Å²) >= 11 is 0. The van der Waals surface area contributed by atoms with Gasteiger partial charge in [-0.2, -0.15) is 0 Å². The Labute approximate surface area is 94.8 Å². The molecule has 6 heteroatoms. The molecule has 0 saturated carbocycles. The topological polar surface area (TPSA) is 18.5 Å². The summed E-state index contributed by atoms with van der Waals surface area (Å²) in [6, 6.07) is 0. The molecule has 0 aromatic carbocycles. The molecule has 0 amide bonds. The van der Waals surface area contributed by atoms with Crippen LogP contribution in [0.25, 0.3) is 0 Å². The van der Waals surface area contributed by atoms with Gasteiger partial charge in [-0.05, 0) is 12.8 Å². The predicted molar refractivity (Wildman–Crippen MR) is 57.9 cm³/mol. The second-order valence-corrected chi connectivity index (χ2v) is 1.35.